The standard InChI is InChI=1S/C17H19N3O2/c1-21-7-2-6-19-17-11-14(10-16(18)20-17)12-3-4-15-13(9-12)5-8-22-15/h3-5,8-11H,2,6-7H2,1H3,(H3,18,19,20). The summed E-state index contributed by atoms with van der Waals surface area (Å²) in [5, 5.41) is 4.34. The molecule has 3 N–H and O–H groups in total. The second-order valence-corrected chi connectivity index (χ2v) is 5.11. The molecule has 5 heteroatoms. The van der Waals surface area contributed by atoms with Gasteiger partial charge in [0.1, 0.15) is 17.2 Å². The van der Waals surface area contributed by atoms with Gasteiger partial charge in [-0.15, -0.1) is 0 Å². The molecule has 3 aromatic rings. The van der Waals surface area contributed by atoms with Gasteiger partial charge in [0.2, 0.25) is 0 Å². The Balaban J connectivity index is 1.84. The SMILES string of the molecule is COCCCNc1cc(-c2ccc3occc3c2)cc(N)n1. The number of nitrogen functional groups attached to an aromatic ring is 1. The molecule has 0 saturated carbocycles. The third-order valence-electron chi connectivity index (χ3n) is 3.46. The number of aromatic nitrogens is 1. The summed E-state index contributed by atoms with van der Waals surface area (Å²) in [7, 11) is 1.70. The second-order valence-electron chi connectivity index (χ2n) is 5.11. The second kappa shape index (κ2) is 6.49. The van der Waals surface area contributed by atoms with Gasteiger partial charge in [0.15, 0.2) is 0 Å². The van der Waals surface area contributed by atoms with Gasteiger partial charge >= 0.3 is 0 Å². The highest BCUT2D eigenvalue weighted by Gasteiger charge is 2.05. The number of rotatable bonds is 6. The molecule has 0 aliphatic carbocycles. The number of nitrogens with zero attached hydrogens (tertiary/aromatic N) is 1. The predicted molar refractivity (Wildman–Crippen MR) is 88.8 cm³/mol. The number of anilines is 2. The Hall–Kier alpha value is -2.53. The van der Waals surface area contributed by atoms with Crippen molar-refractivity contribution in [1.82, 2.24) is 4.98 Å². The molecule has 0 bridgehead atoms. The highest BCUT2D eigenvalue weighted by atomic mass is 16.5. The zero-order chi connectivity index (χ0) is 15.4. The fraction of sp³-hybridized carbons (Fsp3) is 0.235. The van der Waals surface area contributed by atoms with Gasteiger partial charge in [0.25, 0.3) is 0 Å². The van der Waals surface area contributed by atoms with Crippen molar-refractivity contribution >= 4 is 22.6 Å². The van der Waals surface area contributed by atoms with Gasteiger partial charge in [-0.3, -0.25) is 0 Å². The maximum Gasteiger partial charge on any atom is 0.133 e. The van der Waals surface area contributed by atoms with Gasteiger partial charge in [-0.2, -0.15) is 0 Å². The van der Waals surface area contributed by atoms with Gasteiger partial charge in [0.05, 0.1) is 6.26 Å². The Bertz CT molecular complexity index is 767. The van der Waals surface area contributed by atoms with Gasteiger partial charge < -0.3 is 20.2 Å². The number of furan rings is 1. The third-order valence-corrected chi connectivity index (χ3v) is 3.46. The summed E-state index contributed by atoms with van der Waals surface area (Å²) in [5.41, 5.74) is 8.92. The van der Waals surface area contributed by atoms with Gasteiger partial charge in [-0.05, 0) is 47.9 Å². The van der Waals surface area contributed by atoms with Crippen LogP contribution in [-0.2, 0) is 4.74 Å². The molecule has 2 aromatic heterocycles. The summed E-state index contributed by atoms with van der Waals surface area (Å²) in [4.78, 5) is 4.32. The number of nitrogens with one attached hydrogen (secondary N) is 1. The average Bonchev–Trinajstić information content (AvgIpc) is 2.98. The molecule has 0 unspecified atom stereocenters. The number of methoxy groups -OCH3 is 1. The normalized spacial score (nSPS) is 11.0. The van der Waals surface area contributed by atoms with E-state index in [0.29, 0.717) is 5.82 Å². The van der Waals surface area contributed by atoms with Gasteiger partial charge in [0, 0.05) is 25.6 Å². The number of hydrogen-bond donors (Lipinski definition) is 2. The molecule has 0 spiro atoms. The molecule has 0 amide bonds. The molecular weight excluding hydrogens is 278 g/mol. The summed E-state index contributed by atoms with van der Waals surface area (Å²) < 4.78 is 10.4. The molecule has 0 aliphatic heterocycles. The number of nitrogens with two attached hydrogens (primary N) is 1. The highest BCUT2D eigenvalue weighted by molar-refractivity contribution is 5.84. The minimum atomic E-state index is 0.499. The van der Waals surface area contributed by atoms with Crippen LogP contribution in [0.15, 0.2) is 47.1 Å². The van der Waals surface area contributed by atoms with Crippen LogP contribution in [0.1, 0.15) is 6.42 Å². The fourth-order valence-corrected chi connectivity index (χ4v) is 2.39. The van der Waals surface area contributed by atoms with Crippen molar-refractivity contribution in [3.8, 4) is 11.1 Å². The number of benzene rings is 1. The molecule has 0 radical (unpaired) electrons. The van der Waals surface area contributed by atoms with E-state index in [1.807, 2.05) is 30.3 Å². The maximum atomic E-state index is 5.93. The summed E-state index contributed by atoms with van der Waals surface area (Å²) in [6, 6.07) is 11.9. The fourth-order valence-electron chi connectivity index (χ4n) is 2.39. The largest absolute Gasteiger partial charge is 0.464 e. The van der Waals surface area contributed by atoms with Crippen LogP contribution in [0.5, 0.6) is 0 Å². The van der Waals surface area contributed by atoms with E-state index < -0.39 is 0 Å². The number of fused-ring (bicyclic) bond motifs is 1. The topological polar surface area (TPSA) is 73.3 Å². The molecule has 3 rings (SSSR count). The number of ether oxygens (including phenoxy) is 1. The lowest BCUT2D eigenvalue weighted by atomic mass is 10.0. The lowest BCUT2D eigenvalue weighted by molar-refractivity contribution is 0.198. The van der Waals surface area contributed by atoms with Crippen molar-refractivity contribution in [2.45, 2.75) is 6.42 Å². The molecule has 22 heavy (non-hydrogen) atoms. The Kier molecular flexibility index (Phi) is 4.25. The summed E-state index contributed by atoms with van der Waals surface area (Å²) >= 11 is 0. The van der Waals surface area contributed by atoms with E-state index in [0.717, 1.165) is 47.5 Å². The lowest BCUT2D eigenvalue weighted by Gasteiger charge is -2.09. The maximum absolute atomic E-state index is 5.93. The van der Waals surface area contributed by atoms with Crippen molar-refractivity contribution in [3.63, 3.8) is 0 Å². The average molecular weight is 297 g/mol. The highest BCUT2D eigenvalue weighted by Crippen LogP contribution is 2.27. The van der Waals surface area contributed by atoms with Crippen molar-refractivity contribution in [3.05, 3.63) is 42.7 Å². The first kappa shape index (κ1) is 14.4. The first-order chi connectivity index (χ1) is 10.8. The summed E-state index contributed by atoms with van der Waals surface area (Å²) in [6.07, 6.45) is 2.61. The van der Waals surface area contributed by atoms with E-state index in [9.17, 15) is 0 Å². The van der Waals surface area contributed by atoms with E-state index in [1.165, 1.54) is 0 Å². The van der Waals surface area contributed by atoms with E-state index in [4.69, 9.17) is 14.9 Å². The zero-order valence-electron chi connectivity index (χ0n) is 12.5. The minimum Gasteiger partial charge on any atom is -0.464 e. The van der Waals surface area contributed by atoms with Crippen LogP contribution < -0.4 is 11.1 Å². The van der Waals surface area contributed by atoms with E-state index in [1.54, 1.807) is 13.4 Å². The predicted octanol–water partition coefficient (Wildman–Crippen LogP) is 3.53. The number of hydrogen-bond acceptors (Lipinski definition) is 5. The third kappa shape index (κ3) is 3.20. The molecule has 0 saturated heterocycles. The summed E-state index contributed by atoms with van der Waals surface area (Å²) in [6.45, 7) is 1.52. The molecule has 0 atom stereocenters. The van der Waals surface area contributed by atoms with Crippen LogP contribution in [0.3, 0.4) is 0 Å². The molecule has 5 nitrogen and oxygen atoms in total. The molecular formula is C17H19N3O2. The number of pyridine rings is 1. The smallest absolute Gasteiger partial charge is 0.133 e. The molecule has 1 aromatic carbocycles. The van der Waals surface area contributed by atoms with Crippen molar-refractivity contribution in [2.75, 3.05) is 31.3 Å². The van der Waals surface area contributed by atoms with Gasteiger partial charge in [-0.1, -0.05) is 6.07 Å². The Morgan fingerprint density at radius 2 is 2.09 bits per heavy atom. The van der Waals surface area contributed by atoms with Crippen LogP contribution in [0.4, 0.5) is 11.6 Å². The molecule has 0 fully saturated rings. The van der Waals surface area contributed by atoms with Crippen molar-refractivity contribution < 1.29 is 9.15 Å². The Morgan fingerprint density at radius 1 is 1.18 bits per heavy atom. The van der Waals surface area contributed by atoms with Gasteiger partial charge in [-0.25, -0.2) is 4.98 Å². The monoisotopic (exact) mass is 297 g/mol. The quantitative estimate of drug-likeness (QED) is 0.681. The van der Waals surface area contributed by atoms with Crippen LogP contribution in [0.25, 0.3) is 22.1 Å². The van der Waals surface area contributed by atoms with Crippen LogP contribution in [-0.4, -0.2) is 25.2 Å². The Labute approximate surface area is 129 Å². The van der Waals surface area contributed by atoms with Crippen LogP contribution in [0.2, 0.25) is 0 Å². The molecule has 114 valence electrons. The van der Waals surface area contributed by atoms with Crippen LogP contribution in [0, 0.1) is 0 Å². The molecule has 2 heterocycles. The zero-order valence-corrected chi connectivity index (χ0v) is 12.5. The van der Waals surface area contributed by atoms with Crippen molar-refractivity contribution in [1.29, 1.82) is 0 Å². The van der Waals surface area contributed by atoms with E-state index >= 15 is 0 Å². The van der Waals surface area contributed by atoms with E-state index in [2.05, 4.69) is 16.4 Å². The summed E-state index contributed by atoms with van der Waals surface area (Å²) in [5.74, 6) is 1.28. The minimum absolute atomic E-state index is 0.499. The first-order valence-corrected chi connectivity index (χ1v) is 7.24. The molecule has 0 aliphatic rings. The van der Waals surface area contributed by atoms with Crippen molar-refractivity contribution in [2.24, 2.45) is 0 Å². The van der Waals surface area contributed by atoms with E-state index in [-0.39, 0.29) is 0 Å². The Morgan fingerprint density at radius 3 is 2.95 bits per heavy atom. The van der Waals surface area contributed by atoms with Crippen LogP contribution >= 0.6 is 0 Å². The lowest BCUT2D eigenvalue weighted by Crippen LogP contribution is -2.07. The first-order valence-electron chi connectivity index (χ1n) is 7.24.